The van der Waals surface area contributed by atoms with Crippen LogP contribution in [0.15, 0.2) is 229 Å². The Bertz CT molecular complexity index is 7310. The lowest BCUT2D eigenvalue weighted by atomic mass is 9.85. The third-order valence-corrected chi connectivity index (χ3v) is 34.1. The van der Waals surface area contributed by atoms with E-state index in [0.717, 1.165) is 214 Å². The van der Waals surface area contributed by atoms with Crippen molar-refractivity contribution in [2.24, 2.45) is 11.8 Å². The van der Waals surface area contributed by atoms with Crippen molar-refractivity contribution in [1.82, 2.24) is 83.6 Å². The Morgan fingerprint density at radius 2 is 0.622 bits per heavy atom. The number of aromatic nitrogens is 15. The van der Waals surface area contributed by atoms with Gasteiger partial charge in [-0.15, -0.1) is 0 Å². The maximum atomic E-state index is 11.7. The molecule has 20 rings (SSSR count). The molecule has 15 aromatic rings. The molecule has 3 aliphatic carbocycles. The summed E-state index contributed by atoms with van der Waals surface area (Å²) in [5, 5.41) is 85.0. The standard InChI is InChI=1S/2C20H24BrN5O3S.C19H22BrN5O3S.2C18H20BrN5O2S/c2*1-30(28,29)15-8-6-14(7-9-15)23-19-10-18(25-20-16(21)11-22-26(19)20)24-17-5-3-2-4-13(17)12-27;1-29(27,28)14-6-4-13(5-7-14)22-17-10-16(23-18-15(20)11-21-25(17)18)24-19(12-26)8-2-3-9-19;1-27(25,26)14-4-2-13(3-5-14)22-17-10-16(12-6-8-20-9-7-12)23-18-15(19)11-21-24(17)18;1-27(25,26)14-6-4-13(5-7-14)22-17-9-16(12-3-2-8-20-10-12)23-18-15(19)11-21-24(17)18/h2*6-11,13,17,23,27H,2-5,12H2,1H3,(H,24,25);4-7,10-11,22,26H,2-3,8-9,12H2,1H3,(H,23,24);2-5,10-12,20,22H,6-9H2,1H3;4-7,9,11-12,20,22H,2-3,8,10H2,1H3/t13-,17+;13-,17-;;;/m01.../s1. The minimum atomic E-state index is -3.25. The maximum Gasteiger partial charge on any atom is 0.175 e. The molecule has 0 radical (unpaired) electrons. The molecule has 2 aliphatic heterocycles. The van der Waals surface area contributed by atoms with E-state index in [4.69, 9.17) is 9.97 Å². The number of halogens is 5. The van der Waals surface area contributed by atoms with Crippen LogP contribution in [0.3, 0.4) is 0 Å². The first-order chi connectivity index (χ1) is 68.3. The van der Waals surface area contributed by atoms with Crippen molar-refractivity contribution >= 4 is 232 Å². The quantitative estimate of drug-likeness (QED) is 0.0239. The molecule has 0 spiro atoms. The molecule has 758 valence electrons. The zero-order chi connectivity index (χ0) is 101. The van der Waals surface area contributed by atoms with Crippen molar-refractivity contribution in [2.45, 2.75) is 157 Å². The first-order valence-corrected chi connectivity index (χ1v) is 59.9. The van der Waals surface area contributed by atoms with Gasteiger partial charge in [-0.25, -0.2) is 67.0 Å². The van der Waals surface area contributed by atoms with E-state index in [2.05, 4.69) is 173 Å². The number of aliphatic hydroxyl groups is 3. The van der Waals surface area contributed by atoms with Crippen LogP contribution in [0.1, 0.15) is 126 Å². The number of rotatable bonds is 26. The van der Waals surface area contributed by atoms with Crippen LogP contribution in [0.25, 0.3) is 28.2 Å². The van der Waals surface area contributed by atoms with Gasteiger partial charge in [-0.3, -0.25) is 0 Å². The molecule has 5 aromatic carbocycles. The van der Waals surface area contributed by atoms with Gasteiger partial charge in [0.2, 0.25) is 0 Å². The fourth-order valence-electron chi connectivity index (χ4n) is 17.9. The SMILES string of the molecule is CS(=O)(=O)c1ccc(Nc2cc(C3CCCNC3)nc3c(Br)cnn23)cc1.CS(=O)(=O)c1ccc(Nc2cc(C3CCNCC3)nc3c(Br)cnn23)cc1.CS(=O)(=O)c1ccc(Nc2cc(NC3(CO)CCCC3)nc3c(Br)cnn23)cc1.CS(=O)(=O)c1ccc(Nc2cc(N[C@@H]3CCCC[C@@H]3CO)nc3c(Br)cnn23)cc1.CS(=O)(=O)c1ccc(Nc2cc(N[C@@H]3CCCC[C@H]3CO)nc3c(Br)cnn23)cc1. The van der Waals surface area contributed by atoms with Gasteiger partial charge in [0.05, 0.1) is 95.7 Å². The summed E-state index contributed by atoms with van der Waals surface area (Å²) in [7, 11) is -16.2. The van der Waals surface area contributed by atoms with Crippen molar-refractivity contribution < 1.29 is 57.4 Å². The van der Waals surface area contributed by atoms with Gasteiger partial charge in [-0.05, 0) is 285 Å². The molecular formula is C95H110Br5N25O13S5. The van der Waals surface area contributed by atoms with Crippen LogP contribution in [0.4, 0.5) is 75.0 Å². The number of nitrogens with zero attached hydrogens (tertiary/aromatic N) is 15. The molecule has 2 saturated heterocycles. The lowest BCUT2D eigenvalue weighted by Gasteiger charge is -2.31. The smallest absolute Gasteiger partial charge is 0.175 e. The molecule has 10 aromatic heterocycles. The van der Waals surface area contributed by atoms with Crippen LogP contribution in [-0.2, 0) is 49.2 Å². The highest BCUT2D eigenvalue weighted by molar-refractivity contribution is 9.11. The number of anilines is 13. The molecule has 5 fully saturated rings. The number of piperidine rings is 2. The van der Waals surface area contributed by atoms with Crippen LogP contribution < -0.4 is 53.2 Å². The second-order valence-electron chi connectivity index (χ2n) is 36.3. The van der Waals surface area contributed by atoms with Gasteiger partial charge in [0.25, 0.3) is 0 Å². The molecule has 38 nitrogen and oxygen atoms in total. The van der Waals surface area contributed by atoms with E-state index < -0.39 is 49.2 Å². The molecule has 5 atom stereocenters. The van der Waals surface area contributed by atoms with Crippen LogP contribution in [-0.4, -0.2) is 225 Å². The van der Waals surface area contributed by atoms with Crippen LogP contribution in [0.5, 0.6) is 0 Å². The average molecular weight is 2370 g/mol. The van der Waals surface area contributed by atoms with E-state index in [-0.39, 0.29) is 64.0 Å². The van der Waals surface area contributed by atoms with Crippen LogP contribution in [0, 0.1) is 11.8 Å². The summed E-state index contributed by atoms with van der Waals surface area (Å²) in [6, 6.07) is 43.1. The first kappa shape index (κ1) is 105. The number of benzene rings is 5. The normalized spacial score (nSPS) is 18.0. The molecule has 143 heavy (non-hydrogen) atoms. The molecular weight excluding hydrogens is 2260 g/mol. The Hall–Kier alpha value is -10.5. The highest BCUT2D eigenvalue weighted by atomic mass is 79.9. The molecule has 5 aliphatic rings. The van der Waals surface area contributed by atoms with E-state index in [1.54, 1.807) is 175 Å². The van der Waals surface area contributed by atoms with Crippen molar-refractivity contribution in [1.29, 1.82) is 0 Å². The van der Waals surface area contributed by atoms with Gasteiger partial charge < -0.3 is 68.5 Å². The largest absolute Gasteiger partial charge is 0.396 e. The predicted octanol–water partition coefficient (Wildman–Crippen LogP) is 16.8. The number of hydrogen-bond donors (Lipinski definition) is 13. The second kappa shape index (κ2) is 45.7. The lowest BCUT2D eigenvalue weighted by Crippen LogP contribution is -2.39. The van der Waals surface area contributed by atoms with Gasteiger partial charge in [-0.1, -0.05) is 38.5 Å². The predicted molar refractivity (Wildman–Crippen MR) is 572 cm³/mol. The average Bonchev–Trinajstić information content (AvgIpc) is 1.67. The number of sulfone groups is 5. The van der Waals surface area contributed by atoms with E-state index >= 15 is 0 Å². The fraction of sp³-hybridized carbons (Fsp3) is 0.368. The summed E-state index contributed by atoms with van der Waals surface area (Å²) in [5.74, 6) is 6.87. The molecule has 1 unspecified atom stereocenters. The van der Waals surface area contributed by atoms with E-state index in [9.17, 15) is 57.4 Å². The van der Waals surface area contributed by atoms with Crippen molar-refractivity contribution in [3.05, 3.63) is 216 Å². The fourth-order valence-corrected chi connectivity index (χ4v) is 22.8. The summed E-state index contributed by atoms with van der Waals surface area (Å²) < 4.78 is 129. The zero-order valence-corrected chi connectivity index (χ0v) is 90.6. The monoisotopic (exact) mass is 2360 g/mol. The number of hydrogen-bond acceptors (Lipinski definition) is 33. The molecule has 13 N–H and O–H groups in total. The minimum Gasteiger partial charge on any atom is -0.396 e. The Morgan fingerprint density at radius 1 is 0.336 bits per heavy atom. The highest BCUT2D eigenvalue weighted by Crippen LogP contribution is 2.39. The third kappa shape index (κ3) is 26.3. The van der Waals surface area contributed by atoms with Gasteiger partial charge >= 0.3 is 0 Å². The Balaban J connectivity index is 0.000000128. The maximum absolute atomic E-state index is 11.7. The molecule has 3 saturated carbocycles. The number of nitrogens with one attached hydrogen (secondary N) is 10. The van der Waals surface area contributed by atoms with Crippen molar-refractivity contribution in [3.8, 4) is 0 Å². The third-order valence-electron chi connectivity index (χ3n) is 25.6. The van der Waals surface area contributed by atoms with Crippen LogP contribution in [0.2, 0.25) is 0 Å². The Kier molecular flexibility index (Phi) is 33.7. The first-order valence-electron chi connectivity index (χ1n) is 46.5. The van der Waals surface area contributed by atoms with Crippen molar-refractivity contribution in [2.75, 3.05) is 120 Å². The Morgan fingerprint density at radius 3 is 0.916 bits per heavy atom. The Labute approximate surface area is 870 Å². The topological polar surface area (TPSA) is 503 Å². The summed E-state index contributed by atoms with van der Waals surface area (Å²) in [6.07, 6.45) is 31.3. The molecule has 12 heterocycles. The van der Waals surface area contributed by atoms with Crippen molar-refractivity contribution in [3.63, 3.8) is 0 Å². The van der Waals surface area contributed by atoms with Gasteiger partial charge in [0, 0.05) is 151 Å². The highest BCUT2D eigenvalue weighted by Gasteiger charge is 2.35. The summed E-state index contributed by atoms with van der Waals surface area (Å²) in [6.45, 7) is 4.32. The molecule has 0 bridgehead atoms. The second-order valence-corrected chi connectivity index (χ2v) is 50.6. The van der Waals surface area contributed by atoms with Gasteiger partial charge in [0.15, 0.2) is 77.4 Å². The van der Waals surface area contributed by atoms with E-state index in [1.165, 1.54) is 31.3 Å². The van der Waals surface area contributed by atoms with Crippen LogP contribution >= 0.6 is 79.6 Å². The van der Waals surface area contributed by atoms with Gasteiger partial charge in [0.1, 0.15) is 46.5 Å². The summed E-state index contributed by atoms with van der Waals surface area (Å²) in [4.78, 5) is 25.0. The van der Waals surface area contributed by atoms with E-state index in [0.29, 0.717) is 73.5 Å². The molecule has 0 amide bonds. The summed E-state index contributed by atoms with van der Waals surface area (Å²) >= 11 is 17.5. The van der Waals surface area contributed by atoms with E-state index in [1.807, 2.05) is 30.3 Å². The zero-order valence-electron chi connectivity index (χ0n) is 78.6. The lowest BCUT2D eigenvalue weighted by molar-refractivity contribution is 0.178. The number of fused-ring (bicyclic) bond motifs is 5. The summed E-state index contributed by atoms with van der Waals surface area (Å²) in [5.41, 5.74) is 8.95. The number of aliphatic hydroxyl groups excluding tert-OH is 3. The molecule has 48 heteroatoms. The minimum absolute atomic E-state index is 0.0516. The van der Waals surface area contributed by atoms with Gasteiger partial charge in [-0.2, -0.15) is 48.1 Å².